The van der Waals surface area contributed by atoms with Crippen LogP contribution in [0.15, 0.2) is 18.2 Å². The fourth-order valence-corrected chi connectivity index (χ4v) is 3.77. The Morgan fingerprint density at radius 1 is 1.00 bits per heavy atom. The molecule has 0 saturated carbocycles. The summed E-state index contributed by atoms with van der Waals surface area (Å²) in [5.74, 6) is 1.72. The Labute approximate surface area is 202 Å². The minimum atomic E-state index is -0.564. The largest absolute Gasteiger partial charge is 0.493 e. The van der Waals surface area contributed by atoms with Gasteiger partial charge in [0.1, 0.15) is 5.60 Å². The average Bonchev–Trinajstić information content (AvgIpc) is 2.80. The second-order valence-corrected chi connectivity index (χ2v) is 9.50. The van der Waals surface area contributed by atoms with E-state index in [4.69, 9.17) is 14.2 Å². The van der Waals surface area contributed by atoms with E-state index < -0.39 is 11.7 Å². The standard InChI is InChI=1S/C25H39N3O6/c1-25(2,3)34-24(31)26-13-10-22(29)27-17-19-11-14-28(15-12-19)23(30)9-7-18-6-8-20(32-4)21(16-18)33-5/h6,8,16,19H,7,9-15,17H2,1-5H3,(H,26,31)(H,27,29). The first-order valence-corrected chi connectivity index (χ1v) is 11.8. The van der Waals surface area contributed by atoms with Gasteiger partial charge < -0.3 is 29.7 Å². The SMILES string of the molecule is COc1ccc(CCC(=O)N2CCC(CNC(=O)CCNC(=O)OC(C)(C)C)CC2)cc1OC. The van der Waals surface area contributed by atoms with Crippen LogP contribution in [-0.4, -0.2) is 68.8 Å². The number of ether oxygens (including phenoxy) is 3. The molecule has 1 saturated heterocycles. The summed E-state index contributed by atoms with van der Waals surface area (Å²) in [4.78, 5) is 38.2. The molecule has 9 nitrogen and oxygen atoms in total. The third kappa shape index (κ3) is 9.49. The number of nitrogens with one attached hydrogen (secondary N) is 2. The number of methoxy groups -OCH3 is 2. The van der Waals surface area contributed by atoms with Gasteiger partial charge in [0.2, 0.25) is 11.8 Å². The molecule has 9 heteroatoms. The number of nitrogens with zero attached hydrogens (tertiary/aromatic N) is 1. The van der Waals surface area contributed by atoms with Gasteiger partial charge in [-0.25, -0.2) is 4.79 Å². The van der Waals surface area contributed by atoms with E-state index in [-0.39, 0.29) is 24.8 Å². The number of likely N-dealkylation sites (tertiary alicyclic amines) is 1. The summed E-state index contributed by atoms with van der Waals surface area (Å²) < 4.78 is 15.7. The van der Waals surface area contributed by atoms with Crippen LogP contribution in [0.1, 0.15) is 52.0 Å². The van der Waals surface area contributed by atoms with Crippen molar-refractivity contribution in [2.24, 2.45) is 5.92 Å². The maximum absolute atomic E-state index is 12.6. The zero-order valence-corrected chi connectivity index (χ0v) is 21.1. The molecule has 1 fully saturated rings. The Balaban J connectivity index is 1.63. The maximum Gasteiger partial charge on any atom is 0.407 e. The van der Waals surface area contributed by atoms with Gasteiger partial charge in [-0.05, 0) is 63.6 Å². The summed E-state index contributed by atoms with van der Waals surface area (Å²) in [6.45, 7) is 7.58. The van der Waals surface area contributed by atoms with Gasteiger partial charge in [0, 0.05) is 39.0 Å². The normalized spacial score (nSPS) is 14.3. The number of carbonyl (C=O) groups is 3. The van der Waals surface area contributed by atoms with E-state index in [1.807, 2.05) is 23.1 Å². The summed E-state index contributed by atoms with van der Waals surface area (Å²) in [5, 5.41) is 5.51. The predicted molar refractivity (Wildman–Crippen MR) is 129 cm³/mol. The van der Waals surface area contributed by atoms with Crippen molar-refractivity contribution in [1.82, 2.24) is 15.5 Å². The van der Waals surface area contributed by atoms with Crippen molar-refractivity contribution in [1.29, 1.82) is 0 Å². The van der Waals surface area contributed by atoms with Gasteiger partial charge in [0.05, 0.1) is 14.2 Å². The lowest BCUT2D eigenvalue weighted by atomic mass is 9.96. The van der Waals surface area contributed by atoms with Gasteiger partial charge in [-0.15, -0.1) is 0 Å². The number of hydrogen-bond donors (Lipinski definition) is 2. The highest BCUT2D eigenvalue weighted by molar-refractivity contribution is 5.77. The Morgan fingerprint density at radius 3 is 2.29 bits per heavy atom. The van der Waals surface area contributed by atoms with Gasteiger partial charge in [-0.1, -0.05) is 6.07 Å². The molecule has 1 aliphatic heterocycles. The minimum Gasteiger partial charge on any atom is -0.493 e. The van der Waals surface area contributed by atoms with Crippen molar-refractivity contribution in [2.45, 2.75) is 58.5 Å². The lowest BCUT2D eigenvalue weighted by Crippen LogP contribution is -2.42. The van der Waals surface area contributed by atoms with Crippen LogP contribution in [0.4, 0.5) is 4.79 Å². The van der Waals surface area contributed by atoms with Crippen molar-refractivity contribution in [2.75, 3.05) is 40.4 Å². The number of alkyl carbamates (subject to hydrolysis) is 1. The number of piperidine rings is 1. The molecule has 1 aliphatic rings. The Hall–Kier alpha value is -2.97. The molecule has 34 heavy (non-hydrogen) atoms. The van der Waals surface area contributed by atoms with E-state index in [2.05, 4.69) is 10.6 Å². The molecule has 0 unspecified atom stereocenters. The van der Waals surface area contributed by atoms with Gasteiger partial charge in [0.25, 0.3) is 0 Å². The Morgan fingerprint density at radius 2 is 1.68 bits per heavy atom. The highest BCUT2D eigenvalue weighted by Gasteiger charge is 2.23. The zero-order valence-electron chi connectivity index (χ0n) is 21.1. The van der Waals surface area contributed by atoms with Gasteiger partial charge >= 0.3 is 6.09 Å². The highest BCUT2D eigenvalue weighted by atomic mass is 16.6. The van der Waals surface area contributed by atoms with E-state index in [1.165, 1.54) is 0 Å². The van der Waals surface area contributed by atoms with E-state index in [9.17, 15) is 14.4 Å². The molecule has 1 aromatic carbocycles. The molecule has 190 valence electrons. The first kappa shape index (κ1) is 27.3. The van der Waals surface area contributed by atoms with Crippen LogP contribution >= 0.6 is 0 Å². The van der Waals surface area contributed by atoms with Crippen LogP contribution in [-0.2, 0) is 20.7 Å². The number of carbonyl (C=O) groups excluding carboxylic acids is 3. The average molecular weight is 478 g/mol. The highest BCUT2D eigenvalue weighted by Crippen LogP contribution is 2.28. The summed E-state index contributed by atoms with van der Waals surface area (Å²) in [5.41, 5.74) is 0.469. The number of benzene rings is 1. The zero-order chi connectivity index (χ0) is 25.1. The van der Waals surface area contributed by atoms with Crippen molar-refractivity contribution in [3.63, 3.8) is 0 Å². The summed E-state index contributed by atoms with van der Waals surface area (Å²) in [7, 11) is 3.19. The number of rotatable bonds is 10. The molecule has 1 heterocycles. The third-order valence-electron chi connectivity index (χ3n) is 5.65. The van der Waals surface area contributed by atoms with Crippen LogP contribution in [0.5, 0.6) is 11.5 Å². The first-order valence-electron chi connectivity index (χ1n) is 11.8. The minimum absolute atomic E-state index is 0.107. The van der Waals surface area contributed by atoms with E-state index in [0.717, 1.165) is 18.4 Å². The Kier molecular flexibility index (Phi) is 10.5. The first-order chi connectivity index (χ1) is 16.1. The second-order valence-electron chi connectivity index (χ2n) is 9.50. The summed E-state index contributed by atoms with van der Waals surface area (Å²) >= 11 is 0. The van der Waals surface area contributed by atoms with Crippen LogP contribution in [0.3, 0.4) is 0 Å². The van der Waals surface area contributed by atoms with Crippen LogP contribution in [0, 0.1) is 5.92 Å². The van der Waals surface area contributed by atoms with E-state index >= 15 is 0 Å². The monoisotopic (exact) mass is 477 g/mol. The van der Waals surface area contributed by atoms with Gasteiger partial charge in [0.15, 0.2) is 11.5 Å². The molecule has 1 aromatic rings. The molecule has 0 aromatic heterocycles. The molecule has 0 bridgehead atoms. The molecular formula is C25H39N3O6. The van der Waals surface area contributed by atoms with E-state index in [1.54, 1.807) is 35.0 Å². The summed E-state index contributed by atoms with van der Waals surface area (Å²) in [6.07, 6.45) is 2.49. The fourth-order valence-electron chi connectivity index (χ4n) is 3.77. The predicted octanol–water partition coefficient (Wildman–Crippen LogP) is 2.91. The second kappa shape index (κ2) is 13.1. The lowest BCUT2D eigenvalue weighted by molar-refractivity contribution is -0.132. The molecular weight excluding hydrogens is 438 g/mol. The molecule has 2 rings (SSSR count). The van der Waals surface area contributed by atoms with Crippen LogP contribution in [0.2, 0.25) is 0 Å². The van der Waals surface area contributed by atoms with Crippen molar-refractivity contribution in [3.05, 3.63) is 23.8 Å². The molecule has 0 atom stereocenters. The summed E-state index contributed by atoms with van der Waals surface area (Å²) in [6, 6.07) is 5.71. The lowest BCUT2D eigenvalue weighted by Gasteiger charge is -2.32. The van der Waals surface area contributed by atoms with Crippen molar-refractivity contribution < 1.29 is 28.6 Å². The van der Waals surface area contributed by atoms with Gasteiger partial charge in [-0.3, -0.25) is 9.59 Å². The van der Waals surface area contributed by atoms with Gasteiger partial charge in [-0.2, -0.15) is 0 Å². The fraction of sp³-hybridized carbons (Fsp3) is 0.640. The number of aryl methyl sites for hydroxylation is 1. The van der Waals surface area contributed by atoms with Crippen LogP contribution < -0.4 is 20.1 Å². The smallest absolute Gasteiger partial charge is 0.407 e. The van der Waals surface area contributed by atoms with Crippen molar-refractivity contribution in [3.8, 4) is 11.5 Å². The van der Waals surface area contributed by atoms with E-state index in [0.29, 0.717) is 49.9 Å². The molecule has 0 aliphatic carbocycles. The number of hydrogen-bond acceptors (Lipinski definition) is 6. The maximum atomic E-state index is 12.6. The third-order valence-corrected chi connectivity index (χ3v) is 5.65. The Bertz CT molecular complexity index is 828. The quantitative estimate of drug-likeness (QED) is 0.537. The number of amides is 3. The molecule has 0 radical (unpaired) electrons. The topological polar surface area (TPSA) is 106 Å². The van der Waals surface area contributed by atoms with Crippen molar-refractivity contribution >= 4 is 17.9 Å². The van der Waals surface area contributed by atoms with Crippen LogP contribution in [0.25, 0.3) is 0 Å². The molecule has 3 amide bonds. The molecule has 0 spiro atoms. The molecule has 2 N–H and O–H groups in total.